The second-order valence-corrected chi connectivity index (χ2v) is 4.83. The van der Waals surface area contributed by atoms with E-state index in [4.69, 9.17) is 4.74 Å². The topological polar surface area (TPSA) is 41.5 Å². The van der Waals surface area contributed by atoms with Gasteiger partial charge in [-0.05, 0) is 31.2 Å². The number of ether oxygens (including phenoxy) is 1. The van der Waals surface area contributed by atoms with Crippen molar-refractivity contribution in [3.63, 3.8) is 0 Å². The maximum Gasteiger partial charge on any atom is 0.0580 e. The average molecular weight is 215 g/mol. The van der Waals surface area contributed by atoms with Gasteiger partial charge in [0.2, 0.25) is 0 Å². The molecule has 90 valence electrons. The molecule has 2 N–H and O–H groups in total. The van der Waals surface area contributed by atoms with E-state index >= 15 is 0 Å². The van der Waals surface area contributed by atoms with E-state index in [1.165, 1.54) is 19.3 Å². The Morgan fingerprint density at radius 3 is 2.80 bits per heavy atom. The molecule has 0 bridgehead atoms. The van der Waals surface area contributed by atoms with Crippen molar-refractivity contribution in [3.05, 3.63) is 0 Å². The quantitative estimate of drug-likeness (QED) is 0.704. The van der Waals surface area contributed by atoms with E-state index in [0.717, 1.165) is 26.1 Å². The minimum absolute atomic E-state index is 0.0796. The molecule has 0 aromatic heterocycles. The molecule has 0 aromatic carbocycles. The molecule has 0 spiro atoms. The van der Waals surface area contributed by atoms with Gasteiger partial charge in [-0.25, -0.2) is 0 Å². The molecule has 1 rings (SSSR count). The van der Waals surface area contributed by atoms with Gasteiger partial charge in [0.05, 0.1) is 6.10 Å². The van der Waals surface area contributed by atoms with Crippen molar-refractivity contribution in [2.45, 2.75) is 38.7 Å². The summed E-state index contributed by atoms with van der Waals surface area (Å²) in [6.45, 7) is 4.92. The molecule has 0 heterocycles. The molecular weight excluding hydrogens is 190 g/mol. The molecule has 0 aliphatic heterocycles. The highest BCUT2D eigenvalue weighted by atomic mass is 16.5. The van der Waals surface area contributed by atoms with Crippen molar-refractivity contribution in [3.8, 4) is 0 Å². The third kappa shape index (κ3) is 4.96. The fraction of sp³-hybridized carbons (Fsp3) is 1.00. The molecule has 0 aromatic rings. The van der Waals surface area contributed by atoms with Crippen LogP contribution in [0.3, 0.4) is 0 Å². The summed E-state index contributed by atoms with van der Waals surface area (Å²) >= 11 is 0. The predicted molar refractivity (Wildman–Crippen MR) is 61.9 cm³/mol. The number of methoxy groups -OCH3 is 1. The lowest BCUT2D eigenvalue weighted by molar-refractivity contribution is 0.0683. The van der Waals surface area contributed by atoms with Crippen LogP contribution in [-0.2, 0) is 4.74 Å². The first-order chi connectivity index (χ1) is 7.24. The fourth-order valence-electron chi connectivity index (χ4n) is 2.28. The standard InChI is InChI=1S/C12H25NO2/c1-10(9-15-2)7-13-8-11-5-3-4-6-12(11)14/h10-14H,3-9H2,1-2H3. The number of hydrogen-bond donors (Lipinski definition) is 2. The molecule has 0 amide bonds. The third-order valence-corrected chi connectivity index (χ3v) is 3.22. The number of rotatable bonds is 6. The highest BCUT2D eigenvalue weighted by Gasteiger charge is 2.22. The summed E-state index contributed by atoms with van der Waals surface area (Å²) in [5, 5.41) is 13.2. The van der Waals surface area contributed by atoms with Crippen molar-refractivity contribution < 1.29 is 9.84 Å². The van der Waals surface area contributed by atoms with Gasteiger partial charge >= 0.3 is 0 Å². The van der Waals surface area contributed by atoms with Gasteiger partial charge < -0.3 is 15.2 Å². The first-order valence-electron chi connectivity index (χ1n) is 6.11. The second-order valence-electron chi connectivity index (χ2n) is 4.83. The minimum atomic E-state index is -0.0796. The van der Waals surface area contributed by atoms with Crippen molar-refractivity contribution in [2.75, 3.05) is 26.8 Å². The maximum absolute atomic E-state index is 9.77. The Kier molecular flexibility index (Phi) is 6.22. The summed E-state index contributed by atoms with van der Waals surface area (Å²) in [5.41, 5.74) is 0. The third-order valence-electron chi connectivity index (χ3n) is 3.22. The summed E-state index contributed by atoms with van der Waals surface area (Å²) in [4.78, 5) is 0. The first kappa shape index (κ1) is 12.9. The summed E-state index contributed by atoms with van der Waals surface area (Å²) in [7, 11) is 1.74. The van der Waals surface area contributed by atoms with Gasteiger partial charge in [0.25, 0.3) is 0 Å². The Balaban J connectivity index is 2.08. The van der Waals surface area contributed by atoms with Gasteiger partial charge in [-0.3, -0.25) is 0 Å². The van der Waals surface area contributed by atoms with Crippen LogP contribution < -0.4 is 5.32 Å². The van der Waals surface area contributed by atoms with E-state index in [9.17, 15) is 5.11 Å². The Morgan fingerprint density at radius 1 is 1.40 bits per heavy atom. The number of hydrogen-bond acceptors (Lipinski definition) is 3. The van der Waals surface area contributed by atoms with E-state index in [0.29, 0.717) is 11.8 Å². The highest BCUT2D eigenvalue weighted by Crippen LogP contribution is 2.23. The van der Waals surface area contributed by atoms with E-state index in [1.54, 1.807) is 7.11 Å². The summed E-state index contributed by atoms with van der Waals surface area (Å²) < 4.78 is 5.08. The van der Waals surface area contributed by atoms with Crippen LogP contribution in [0.2, 0.25) is 0 Å². The number of nitrogens with one attached hydrogen (secondary N) is 1. The molecule has 1 saturated carbocycles. The molecule has 3 unspecified atom stereocenters. The summed E-state index contributed by atoms with van der Waals surface area (Å²) in [6.07, 6.45) is 4.55. The summed E-state index contributed by atoms with van der Waals surface area (Å²) in [5.74, 6) is 1.02. The summed E-state index contributed by atoms with van der Waals surface area (Å²) in [6, 6.07) is 0. The van der Waals surface area contributed by atoms with Gasteiger partial charge in [0.15, 0.2) is 0 Å². The Labute approximate surface area is 93.2 Å². The molecule has 1 aliphatic carbocycles. The average Bonchev–Trinajstić information content (AvgIpc) is 2.21. The second kappa shape index (κ2) is 7.20. The van der Waals surface area contributed by atoms with E-state index in [-0.39, 0.29) is 6.10 Å². The Hall–Kier alpha value is -0.120. The van der Waals surface area contributed by atoms with E-state index in [1.807, 2.05) is 0 Å². The SMILES string of the molecule is COCC(C)CNCC1CCCCC1O. The monoisotopic (exact) mass is 215 g/mol. The molecule has 0 radical (unpaired) electrons. The van der Waals surface area contributed by atoms with E-state index < -0.39 is 0 Å². The van der Waals surface area contributed by atoms with Crippen LogP contribution in [0.25, 0.3) is 0 Å². The number of aliphatic hydroxyl groups excluding tert-OH is 1. The van der Waals surface area contributed by atoms with Gasteiger partial charge in [0, 0.05) is 20.3 Å². The van der Waals surface area contributed by atoms with E-state index in [2.05, 4.69) is 12.2 Å². The lowest BCUT2D eigenvalue weighted by atomic mass is 9.86. The fourth-order valence-corrected chi connectivity index (χ4v) is 2.28. The molecule has 3 nitrogen and oxygen atoms in total. The van der Waals surface area contributed by atoms with Gasteiger partial charge in [-0.2, -0.15) is 0 Å². The zero-order valence-electron chi connectivity index (χ0n) is 10.0. The minimum Gasteiger partial charge on any atom is -0.393 e. The van der Waals surface area contributed by atoms with Crippen LogP contribution in [0, 0.1) is 11.8 Å². The van der Waals surface area contributed by atoms with Crippen LogP contribution in [0.15, 0.2) is 0 Å². The van der Waals surface area contributed by atoms with Crippen LogP contribution >= 0.6 is 0 Å². The number of aliphatic hydroxyl groups is 1. The van der Waals surface area contributed by atoms with Crippen LogP contribution in [-0.4, -0.2) is 38.0 Å². The Bertz CT molecular complexity index is 164. The Morgan fingerprint density at radius 2 is 2.13 bits per heavy atom. The zero-order chi connectivity index (χ0) is 11.1. The van der Waals surface area contributed by atoms with Crippen molar-refractivity contribution in [1.82, 2.24) is 5.32 Å². The van der Waals surface area contributed by atoms with Gasteiger partial charge in [-0.1, -0.05) is 19.8 Å². The smallest absolute Gasteiger partial charge is 0.0580 e. The lowest BCUT2D eigenvalue weighted by Gasteiger charge is -2.28. The van der Waals surface area contributed by atoms with Crippen molar-refractivity contribution in [2.24, 2.45) is 11.8 Å². The van der Waals surface area contributed by atoms with Crippen LogP contribution in [0.4, 0.5) is 0 Å². The zero-order valence-corrected chi connectivity index (χ0v) is 10.0. The molecule has 0 saturated heterocycles. The van der Waals surface area contributed by atoms with Crippen molar-refractivity contribution in [1.29, 1.82) is 0 Å². The lowest BCUT2D eigenvalue weighted by Crippen LogP contribution is -2.36. The molecule has 1 aliphatic rings. The van der Waals surface area contributed by atoms with Crippen LogP contribution in [0.1, 0.15) is 32.6 Å². The van der Waals surface area contributed by atoms with Gasteiger partial charge in [-0.15, -0.1) is 0 Å². The maximum atomic E-state index is 9.77. The largest absolute Gasteiger partial charge is 0.393 e. The molecule has 15 heavy (non-hydrogen) atoms. The highest BCUT2D eigenvalue weighted by molar-refractivity contribution is 4.76. The van der Waals surface area contributed by atoms with Gasteiger partial charge in [0.1, 0.15) is 0 Å². The predicted octanol–water partition coefficient (Wildman–Crippen LogP) is 1.41. The molecule has 3 heteroatoms. The molecular formula is C12H25NO2. The molecule has 1 fully saturated rings. The normalized spacial score (nSPS) is 29.0. The molecule has 3 atom stereocenters. The van der Waals surface area contributed by atoms with Crippen LogP contribution in [0.5, 0.6) is 0 Å². The first-order valence-corrected chi connectivity index (χ1v) is 6.11. The van der Waals surface area contributed by atoms with Crippen molar-refractivity contribution >= 4 is 0 Å².